The molecule has 0 unspecified atom stereocenters. The van der Waals surface area contributed by atoms with E-state index in [1.165, 1.54) is 15.4 Å². The number of nitrogens with zero attached hydrogens (tertiary/aromatic N) is 2. The lowest BCUT2D eigenvalue weighted by Crippen LogP contribution is -2.43. The molecule has 0 spiro atoms. The summed E-state index contributed by atoms with van der Waals surface area (Å²) < 4.78 is 28.0. The van der Waals surface area contributed by atoms with Crippen molar-refractivity contribution >= 4 is 21.8 Å². The third kappa shape index (κ3) is 3.52. The zero-order valence-electron chi connectivity index (χ0n) is 11.8. The first-order chi connectivity index (χ1) is 9.55. The Morgan fingerprint density at radius 2 is 1.75 bits per heavy atom. The number of hydrogen-bond acceptors (Lipinski definition) is 2. The second-order valence-corrected chi connectivity index (χ2v) is 7.45. The largest absolute Gasteiger partial charge is 0.281 e. The predicted octanol–water partition coefficient (Wildman–Crippen LogP) is 1.89. The number of benzene rings is 1. The standard InChI is InChI=1S/C14H21ClN2O2S/c1-16(10-4-9-15)20(18,19)17-11-7-13-5-2-3-6-14(13)8-12-17/h2-3,5-6H,4,7-12H2,1H3. The van der Waals surface area contributed by atoms with E-state index in [1.54, 1.807) is 11.4 Å². The molecule has 1 aliphatic rings. The second-order valence-electron chi connectivity index (χ2n) is 5.04. The van der Waals surface area contributed by atoms with E-state index in [0.29, 0.717) is 31.9 Å². The number of halogens is 1. The highest BCUT2D eigenvalue weighted by molar-refractivity contribution is 7.86. The minimum Gasteiger partial charge on any atom is -0.195 e. The molecule has 0 atom stereocenters. The summed E-state index contributed by atoms with van der Waals surface area (Å²) in [5.41, 5.74) is 2.52. The highest BCUT2D eigenvalue weighted by Crippen LogP contribution is 2.18. The van der Waals surface area contributed by atoms with Gasteiger partial charge in [0.15, 0.2) is 0 Å². The predicted molar refractivity (Wildman–Crippen MR) is 82.3 cm³/mol. The lowest BCUT2D eigenvalue weighted by Gasteiger charge is -2.26. The summed E-state index contributed by atoms with van der Waals surface area (Å²) in [4.78, 5) is 0. The topological polar surface area (TPSA) is 40.6 Å². The van der Waals surface area contributed by atoms with Crippen LogP contribution in [-0.2, 0) is 23.1 Å². The van der Waals surface area contributed by atoms with Crippen molar-refractivity contribution in [3.05, 3.63) is 35.4 Å². The first kappa shape index (κ1) is 15.8. The summed E-state index contributed by atoms with van der Waals surface area (Å²) in [5, 5.41) is 0. The van der Waals surface area contributed by atoms with Crippen LogP contribution in [0.15, 0.2) is 24.3 Å². The quantitative estimate of drug-likeness (QED) is 0.778. The maximum absolute atomic E-state index is 12.5. The zero-order chi connectivity index (χ0) is 14.6. The van der Waals surface area contributed by atoms with E-state index in [4.69, 9.17) is 11.6 Å². The van der Waals surface area contributed by atoms with Crippen molar-refractivity contribution in [3.8, 4) is 0 Å². The Bertz CT molecular complexity index is 521. The van der Waals surface area contributed by atoms with Crippen LogP contribution in [0.1, 0.15) is 17.5 Å². The zero-order valence-corrected chi connectivity index (χ0v) is 13.3. The lowest BCUT2D eigenvalue weighted by molar-refractivity contribution is 0.367. The minimum atomic E-state index is -3.37. The second kappa shape index (κ2) is 6.89. The van der Waals surface area contributed by atoms with Gasteiger partial charge in [-0.25, -0.2) is 0 Å². The number of rotatable bonds is 5. The molecule has 0 saturated carbocycles. The molecule has 0 fully saturated rings. The molecule has 0 aliphatic carbocycles. The van der Waals surface area contributed by atoms with Crippen molar-refractivity contribution in [2.45, 2.75) is 19.3 Å². The molecule has 0 amide bonds. The van der Waals surface area contributed by atoms with Crippen LogP contribution in [0.4, 0.5) is 0 Å². The van der Waals surface area contributed by atoms with Crippen LogP contribution in [-0.4, -0.2) is 49.6 Å². The van der Waals surface area contributed by atoms with Gasteiger partial charge in [-0.1, -0.05) is 24.3 Å². The van der Waals surface area contributed by atoms with Crippen LogP contribution in [0.5, 0.6) is 0 Å². The Kier molecular flexibility index (Phi) is 5.43. The molecular weight excluding hydrogens is 296 g/mol. The van der Waals surface area contributed by atoms with E-state index >= 15 is 0 Å². The maximum Gasteiger partial charge on any atom is 0.281 e. The highest BCUT2D eigenvalue weighted by atomic mass is 35.5. The summed E-state index contributed by atoms with van der Waals surface area (Å²) in [6.07, 6.45) is 2.23. The molecule has 112 valence electrons. The number of hydrogen-bond donors (Lipinski definition) is 0. The molecule has 0 aromatic heterocycles. The average molecular weight is 317 g/mol. The van der Waals surface area contributed by atoms with Gasteiger partial charge in [0, 0.05) is 32.6 Å². The van der Waals surface area contributed by atoms with E-state index in [1.807, 2.05) is 12.1 Å². The van der Waals surface area contributed by atoms with Crippen LogP contribution in [0.25, 0.3) is 0 Å². The average Bonchev–Trinajstić information content (AvgIpc) is 2.67. The Morgan fingerprint density at radius 3 is 2.25 bits per heavy atom. The van der Waals surface area contributed by atoms with Gasteiger partial charge in [0.25, 0.3) is 10.2 Å². The smallest absolute Gasteiger partial charge is 0.195 e. The van der Waals surface area contributed by atoms with Gasteiger partial charge in [-0.3, -0.25) is 0 Å². The van der Waals surface area contributed by atoms with Crippen molar-refractivity contribution in [1.29, 1.82) is 0 Å². The fourth-order valence-corrected chi connectivity index (χ4v) is 3.99. The van der Waals surface area contributed by atoms with Gasteiger partial charge in [0.2, 0.25) is 0 Å². The van der Waals surface area contributed by atoms with Crippen LogP contribution >= 0.6 is 11.6 Å². The molecule has 1 heterocycles. The number of fused-ring (bicyclic) bond motifs is 1. The first-order valence-electron chi connectivity index (χ1n) is 6.90. The van der Waals surface area contributed by atoms with Gasteiger partial charge >= 0.3 is 0 Å². The van der Waals surface area contributed by atoms with Gasteiger partial charge in [0.1, 0.15) is 0 Å². The highest BCUT2D eigenvalue weighted by Gasteiger charge is 2.28. The van der Waals surface area contributed by atoms with Crippen molar-refractivity contribution < 1.29 is 8.42 Å². The monoisotopic (exact) mass is 316 g/mol. The summed E-state index contributed by atoms with van der Waals surface area (Å²) in [6.45, 7) is 1.56. The molecule has 0 saturated heterocycles. The SMILES string of the molecule is CN(CCCCl)S(=O)(=O)N1CCc2ccccc2CC1. The van der Waals surface area contributed by atoms with Gasteiger partial charge in [-0.15, -0.1) is 11.6 Å². The normalized spacial score (nSPS) is 16.9. The molecule has 0 N–H and O–H groups in total. The van der Waals surface area contributed by atoms with E-state index in [0.717, 1.165) is 12.8 Å². The fourth-order valence-electron chi connectivity index (χ4n) is 2.47. The summed E-state index contributed by atoms with van der Waals surface area (Å²) in [5.74, 6) is 0.477. The van der Waals surface area contributed by atoms with Crippen LogP contribution < -0.4 is 0 Å². The van der Waals surface area contributed by atoms with Crippen molar-refractivity contribution in [3.63, 3.8) is 0 Å². The van der Waals surface area contributed by atoms with Gasteiger partial charge in [-0.2, -0.15) is 17.0 Å². The maximum atomic E-state index is 12.5. The Labute approximate surface area is 126 Å². The van der Waals surface area contributed by atoms with Crippen molar-refractivity contribution in [2.75, 3.05) is 32.6 Å². The summed E-state index contributed by atoms with van der Waals surface area (Å²) >= 11 is 5.63. The summed E-state index contributed by atoms with van der Waals surface area (Å²) in [6, 6.07) is 8.19. The Balaban J connectivity index is 2.08. The molecule has 2 rings (SSSR count). The van der Waals surface area contributed by atoms with E-state index in [-0.39, 0.29) is 0 Å². The molecule has 1 aromatic rings. The third-order valence-electron chi connectivity index (χ3n) is 3.71. The van der Waals surface area contributed by atoms with Crippen LogP contribution in [0.2, 0.25) is 0 Å². The number of alkyl halides is 1. The molecule has 4 nitrogen and oxygen atoms in total. The molecule has 0 bridgehead atoms. The molecule has 1 aliphatic heterocycles. The fraction of sp³-hybridized carbons (Fsp3) is 0.571. The van der Waals surface area contributed by atoms with E-state index in [9.17, 15) is 8.42 Å². The van der Waals surface area contributed by atoms with Gasteiger partial charge < -0.3 is 0 Å². The Morgan fingerprint density at radius 1 is 1.20 bits per heavy atom. The van der Waals surface area contributed by atoms with E-state index < -0.39 is 10.2 Å². The molecule has 0 radical (unpaired) electrons. The minimum absolute atomic E-state index is 0.468. The van der Waals surface area contributed by atoms with E-state index in [2.05, 4.69) is 12.1 Å². The molecule has 20 heavy (non-hydrogen) atoms. The van der Waals surface area contributed by atoms with Gasteiger partial charge in [-0.05, 0) is 30.4 Å². The molecule has 1 aromatic carbocycles. The first-order valence-corrected chi connectivity index (χ1v) is 8.83. The third-order valence-corrected chi connectivity index (χ3v) is 5.96. The lowest BCUT2D eigenvalue weighted by atomic mass is 10.0. The molecular formula is C14H21ClN2O2S. The Hall–Kier alpha value is -0.620. The van der Waals surface area contributed by atoms with Crippen molar-refractivity contribution in [2.24, 2.45) is 0 Å². The summed E-state index contributed by atoms with van der Waals surface area (Å²) in [7, 11) is -1.74. The van der Waals surface area contributed by atoms with Crippen molar-refractivity contribution in [1.82, 2.24) is 8.61 Å². The van der Waals surface area contributed by atoms with Crippen LogP contribution in [0, 0.1) is 0 Å². The molecule has 6 heteroatoms. The van der Waals surface area contributed by atoms with Crippen LogP contribution in [0.3, 0.4) is 0 Å². The van der Waals surface area contributed by atoms with Gasteiger partial charge in [0.05, 0.1) is 0 Å².